The molecule has 0 radical (unpaired) electrons. The van der Waals surface area contributed by atoms with E-state index in [2.05, 4.69) is 104 Å². The molecule has 4 nitrogen and oxygen atoms in total. The Hall–Kier alpha value is -3.40. The van der Waals surface area contributed by atoms with E-state index >= 15 is 0 Å². The Morgan fingerprint density at radius 1 is 0.361 bits per heavy atom. The zero-order valence-electron chi connectivity index (χ0n) is 22.7. The highest BCUT2D eigenvalue weighted by Crippen LogP contribution is 2.46. The summed E-state index contributed by atoms with van der Waals surface area (Å²) < 4.78 is 0. The lowest BCUT2D eigenvalue weighted by atomic mass is 9.87. The Morgan fingerprint density at radius 3 is 0.722 bits per heavy atom. The van der Waals surface area contributed by atoms with E-state index in [1.807, 2.05) is 0 Å². The minimum Gasteiger partial charge on any atom is -0.248 e. The molecule has 184 valence electrons. The molecule has 0 saturated carbocycles. The number of hydrogen-bond donors (Lipinski definition) is 0. The van der Waals surface area contributed by atoms with Crippen LogP contribution >= 0.6 is 0 Å². The lowest BCUT2D eigenvalue weighted by molar-refractivity contribution is 0.728. The second-order valence-corrected chi connectivity index (χ2v) is 11.1. The van der Waals surface area contributed by atoms with E-state index in [-0.39, 0.29) is 23.7 Å². The minimum atomic E-state index is 0.279. The Kier molecular flexibility index (Phi) is 6.23. The predicted octanol–water partition coefficient (Wildman–Crippen LogP) is 8.74. The number of hydrogen-bond acceptors (Lipinski definition) is 4. The molecule has 0 bridgehead atoms. The molecule has 0 amide bonds. The predicted molar refractivity (Wildman–Crippen MR) is 149 cm³/mol. The van der Waals surface area contributed by atoms with Crippen molar-refractivity contribution >= 4 is 0 Å². The summed E-state index contributed by atoms with van der Waals surface area (Å²) in [7, 11) is 0. The van der Waals surface area contributed by atoms with Crippen LogP contribution < -0.4 is 0 Å². The van der Waals surface area contributed by atoms with Crippen LogP contribution in [0.25, 0.3) is 45.0 Å². The maximum absolute atomic E-state index is 5.34. The van der Waals surface area contributed by atoms with E-state index in [0.29, 0.717) is 0 Å². The highest BCUT2D eigenvalue weighted by molar-refractivity contribution is 5.99. The first-order chi connectivity index (χ1) is 17.2. The second kappa shape index (κ2) is 9.24. The van der Waals surface area contributed by atoms with Gasteiger partial charge in [0.1, 0.15) is 0 Å². The maximum Gasteiger partial charge on any atom is 0.0975 e. The van der Waals surface area contributed by atoms with Gasteiger partial charge in [0.05, 0.1) is 45.6 Å². The molecule has 2 aromatic carbocycles. The van der Waals surface area contributed by atoms with Crippen molar-refractivity contribution in [1.82, 2.24) is 19.9 Å². The molecule has 2 aromatic heterocycles. The molecule has 1 aliphatic carbocycles. The fraction of sp³-hybridized carbons (Fsp3) is 0.375. The topological polar surface area (TPSA) is 51.6 Å². The van der Waals surface area contributed by atoms with E-state index < -0.39 is 0 Å². The van der Waals surface area contributed by atoms with Gasteiger partial charge in [-0.05, 0) is 23.7 Å². The van der Waals surface area contributed by atoms with Gasteiger partial charge in [0.15, 0.2) is 0 Å². The number of aromatic nitrogens is 4. The van der Waals surface area contributed by atoms with Crippen LogP contribution in [0.1, 0.15) is 102 Å². The highest BCUT2D eigenvalue weighted by atomic mass is 14.9. The summed E-state index contributed by atoms with van der Waals surface area (Å²) in [5.74, 6) is 1.12. The Balaban J connectivity index is 1.97. The third-order valence-corrected chi connectivity index (χ3v) is 6.96. The van der Waals surface area contributed by atoms with Crippen molar-refractivity contribution in [3.63, 3.8) is 0 Å². The smallest absolute Gasteiger partial charge is 0.0975 e. The lowest BCUT2D eigenvalue weighted by Crippen LogP contribution is -2.13. The third-order valence-electron chi connectivity index (χ3n) is 6.96. The lowest BCUT2D eigenvalue weighted by Gasteiger charge is -2.25. The van der Waals surface area contributed by atoms with Crippen molar-refractivity contribution in [2.45, 2.75) is 79.1 Å². The van der Waals surface area contributed by atoms with Gasteiger partial charge in [0.2, 0.25) is 0 Å². The van der Waals surface area contributed by atoms with Gasteiger partial charge < -0.3 is 0 Å². The minimum absolute atomic E-state index is 0.279. The van der Waals surface area contributed by atoms with Crippen LogP contribution in [0.2, 0.25) is 0 Å². The first kappa shape index (κ1) is 24.3. The number of benzene rings is 2. The van der Waals surface area contributed by atoms with Crippen molar-refractivity contribution in [2.75, 3.05) is 0 Å². The average molecular weight is 477 g/mol. The first-order valence-electron chi connectivity index (χ1n) is 13.2. The molecule has 5 rings (SSSR count). The molecule has 0 fully saturated rings. The summed E-state index contributed by atoms with van der Waals surface area (Å²) in [6.07, 6.45) is 0. The van der Waals surface area contributed by atoms with Gasteiger partial charge in [0, 0.05) is 22.3 Å². The molecule has 4 aromatic rings. The van der Waals surface area contributed by atoms with Gasteiger partial charge in [-0.15, -0.1) is 0 Å². The molecule has 4 heteroatoms. The fourth-order valence-electron chi connectivity index (χ4n) is 5.17. The van der Waals surface area contributed by atoms with Crippen LogP contribution in [0.5, 0.6) is 0 Å². The quantitative estimate of drug-likeness (QED) is 0.260. The van der Waals surface area contributed by atoms with Gasteiger partial charge in [-0.25, -0.2) is 19.9 Å². The molecule has 2 heterocycles. The Labute approximate surface area is 215 Å². The number of nitrogens with zero attached hydrogens (tertiary/aromatic N) is 4. The average Bonchev–Trinajstić information content (AvgIpc) is 2.86. The SMILES string of the molecule is CC(C)c1nc2c(nc1C(C)C)-c1ccccc1-c1nc(C(C)C)c(C(C)C)nc1-c1ccccc1-2. The zero-order valence-corrected chi connectivity index (χ0v) is 22.7. The van der Waals surface area contributed by atoms with E-state index in [1.165, 1.54) is 0 Å². The van der Waals surface area contributed by atoms with Gasteiger partial charge in [0.25, 0.3) is 0 Å². The number of fused-ring (bicyclic) bond motifs is 8. The Bertz CT molecular complexity index is 1230. The molecular formula is C32H36N4. The van der Waals surface area contributed by atoms with E-state index in [9.17, 15) is 0 Å². The Morgan fingerprint density at radius 2 is 0.556 bits per heavy atom. The summed E-state index contributed by atoms with van der Waals surface area (Å²) in [6, 6.07) is 17.0. The molecule has 0 spiro atoms. The molecule has 0 unspecified atom stereocenters. The van der Waals surface area contributed by atoms with Crippen LogP contribution in [0.4, 0.5) is 0 Å². The van der Waals surface area contributed by atoms with Gasteiger partial charge in [-0.1, -0.05) is 104 Å². The summed E-state index contributed by atoms with van der Waals surface area (Å²) in [5, 5.41) is 0. The van der Waals surface area contributed by atoms with Crippen LogP contribution in [0, 0.1) is 0 Å². The first-order valence-corrected chi connectivity index (χ1v) is 13.2. The normalized spacial score (nSPS) is 12.3. The molecule has 1 aliphatic rings. The van der Waals surface area contributed by atoms with Crippen molar-refractivity contribution in [3.05, 3.63) is 71.3 Å². The summed E-state index contributed by atoms with van der Waals surface area (Å²) in [6.45, 7) is 17.6. The van der Waals surface area contributed by atoms with Gasteiger partial charge in [-0.3, -0.25) is 0 Å². The molecule has 0 aliphatic heterocycles. The van der Waals surface area contributed by atoms with E-state index in [0.717, 1.165) is 67.8 Å². The van der Waals surface area contributed by atoms with Gasteiger partial charge in [-0.2, -0.15) is 0 Å². The van der Waals surface area contributed by atoms with Crippen molar-refractivity contribution in [1.29, 1.82) is 0 Å². The summed E-state index contributed by atoms with van der Waals surface area (Å²) >= 11 is 0. The third kappa shape index (κ3) is 3.93. The van der Waals surface area contributed by atoms with Crippen LogP contribution in [-0.2, 0) is 0 Å². The standard InChI is InChI=1S/C32H36N4/c1-17(2)25-26(18(3)4)34-30-23-15-11-12-16-24(23)32-31(22-14-10-9-13-21(22)29(30)33-25)35-27(19(5)6)28(36-32)20(7)8/h9-20H,1-8H3. The molecule has 0 atom stereocenters. The van der Waals surface area contributed by atoms with Gasteiger partial charge >= 0.3 is 0 Å². The summed E-state index contributed by atoms with van der Waals surface area (Å²) in [4.78, 5) is 21.4. The molecule has 36 heavy (non-hydrogen) atoms. The van der Waals surface area contributed by atoms with Crippen LogP contribution in [0.3, 0.4) is 0 Å². The zero-order chi connectivity index (χ0) is 25.7. The molecule has 0 saturated heterocycles. The highest BCUT2D eigenvalue weighted by Gasteiger charge is 2.29. The molecular weight excluding hydrogens is 440 g/mol. The van der Waals surface area contributed by atoms with Crippen LogP contribution in [0.15, 0.2) is 48.5 Å². The van der Waals surface area contributed by atoms with Crippen molar-refractivity contribution < 1.29 is 0 Å². The largest absolute Gasteiger partial charge is 0.248 e. The van der Waals surface area contributed by atoms with E-state index in [4.69, 9.17) is 19.9 Å². The maximum atomic E-state index is 5.34. The summed E-state index contributed by atoms with van der Waals surface area (Å²) in [5.41, 5.74) is 12.3. The van der Waals surface area contributed by atoms with E-state index in [1.54, 1.807) is 0 Å². The molecule has 0 N–H and O–H groups in total. The van der Waals surface area contributed by atoms with Crippen molar-refractivity contribution in [3.8, 4) is 45.0 Å². The van der Waals surface area contributed by atoms with Crippen molar-refractivity contribution in [2.24, 2.45) is 0 Å². The fourth-order valence-corrected chi connectivity index (χ4v) is 5.17. The number of rotatable bonds is 4. The monoisotopic (exact) mass is 476 g/mol. The second-order valence-electron chi connectivity index (χ2n) is 11.1. The van der Waals surface area contributed by atoms with Crippen LogP contribution in [-0.4, -0.2) is 19.9 Å².